The van der Waals surface area contributed by atoms with Crippen molar-refractivity contribution in [3.63, 3.8) is 0 Å². The molecule has 0 radical (unpaired) electrons. The van der Waals surface area contributed by atoms with E-state index < -0.39 is 5.97 Å². The first-order chi connectivity index (χ1) is 8.04. The van der Waals surface area contributed by atoms with Crippen LogP contribution in [0.25, 0.3) is 0 Å². The van der Waals surface area contributed by atoms with Crippen LogP contribution in [0.5, 0.6) is 0 Å². The van der Waals surface area contributed by atoms with Crippen LogP contribution in [0.15, 0.2) is 22.7 Å². The zero-order valence-corrected chi connectivity index (χ0v) is 11.2. The normalized spacial score (nSPS) is 10.8. The minimum absolute atomic E-state index is 0.0310. The number of hydrogen-bond acceptors (Lipinski definition) is 2. The molecular formula is C12H15BrFNO2. The molecule has 0 heterocycles. The molecule has 5 heteroatoms. The van der Waals surface area contributed by atoms with Gasteiger partial charge >= 0.3 is 5.97 Å². The molecule has 0 aliphatic carbocycles. The van der Waals surface area contributed by atoms with Gasteiger partial charge in [0.25, 0.3) is 0 Å². The molecule has 0 aromatic heterocycles. The number of rotatable bonds is 6. The van der Waals surface area contributed by atoms with Crippen LogP contribution in [-0.4, -0.2) is 29.1 Å². The average molecular weight is 304 g/mol. The largest absolute Gasteiger partial charge is 0.480 e. The molecule has 0 spiro atoms. The van der Waals surface area contributed by atoms with E-state index in [9.17, 15) is 9.18 Å². The lowest BCUT2D eigenvalue weighted by Crippen LogP contribution is -2.30. The maximum Gasteiger partial charge on any atom is 0.317 e. The first kappa shape index (κ1) is 14.1. The third kappa shape index (κ3) is 4.44. The van der Waals surface area contributed by atoms with Crippen molar-refractivity contribution >= 4 is 21.9 Å². The lowest BCUT2D eigenvalue weighted by molar-refractivity contribution is -0.138. The molecule has 0 atom stereocenters. The highest BCUT2D eigenvalue weighted by atomic mass is 79.9. The second-order valence-corrected chi connectivity index (χ2v) is 4.61. The Morgan fingerprint density at radius 1 is 1.53 bits per heavy atom. The molecule has 0 saturated heterocycles. The topological polar surface area (TPSA) is 40.5 Å². The number of benzene rings is 1. The van der Waals surface area contributed by atoms with Crippen molar-refractivity contribution in [2.75, 3.05) is 13.1 Å². The maximum atomic E-state index is 13.3. The van der Waals surface area contributed by atoms with Gasteiger partial charge in [0.15, 0.2) is 0 Å². The van der Waals surface area contributed by atoms with E-state index in [0.29, 0.717) is 17.6 Å². The van der Waals surface area contributed by atoms with Gasteiger partial charge in [-0.2, -0.15) is 0 Å². The first-order valence-electron chi connectivity index (χ1n) is 5.41. The smallest absolute Gasteiger partial charge is 0.317 e. The Morgan fingerprint density at radius 3 is 2.82 bits per heavy atom. The van der Waals surface area contributed by atoms with Gasteiger partial charge in [-0.25, -0.2) is 4.39 Å². The van der Waals surface area contributed by atoms with Crippen molar-refractivity contribution in [3.05, 3.63) is 34.1 Å². The lowest BCUT2D eigenvalue weighted by Gasteiger charge is -2.20. The summed E-state index contributed by atoms with van der Waals surface area (Å²) in [7, 11) is 0. The molecule has 1 N–H and O–H groups in total. The summed E-state index contributed by atoms with van der Waals surface area (Å²) >= 11 is 3.18. The summed E-state index contributed by atoms with van der Waals surface area (Å²) in [5.41, 5.74) is 0.764. The Kier molecular flexibility index (Phi) is 5.58. The van der Waals surface area contributed by atoms with Gasteiger partial charge in [-0.1, -0.05) is 19.1 Å². The van der Waals surface area contributed by atoms with Crippen LogP contribution in [0.1, 0.15) is 18.9 Å². The number of halogens is 2. The van der Waals surface area contributed by atoms with Gasteiger partial charge in [-0.05, 0) is 40.5 Å². The predicted molar refractivity (Wildman–Crippen MR) is 67.3 cm³/mol. The Hall–Kier alpha value is -0.940. The number of carbonyl (C=O) groups is 1. The summed E-state index contributed by atoms with van der Waals surface area (Å²) in [5, 5.41) is 8.78. The van der Waals surface area contributed by atoms with Crippen molar-refractivity contribution < 1.29 is 14.3 Å². The van der Waals surface area contributed by atoms with Crippen LogP contribution in [0.2, 0.25) is 0 Å². The monoisotopic (exact) mass is 303 g/mol. The highest BCUT2D eigenvalue weighted by Gasteiger charge is 2.12. The van der Waals surface area contributed by atoms with Crippen molar-refractivity contribution in [1.29, 1.82) is 0 Å². The molecule has 0 unspecified atom stereocenters. The molecule has 1 aromatic carbocycles. The molecule has 0 aliphatic heterocycles. The standard InChI is InChI=1S/C12H15BrFNO2/c1-2-6-15(8-11(16)17)7-9-4-3-5-10(14)12(9)13/h3-5H,2,6-8H2,1H3,(H,16,17). The average Bonchev–Trinajstić information content (AvgIpc) is 2.24. The van der Waals surface area contributed by atoms with E-state index in [4.69, 9.17) is 5.11 Å². The molecule has 3 nitrogen and oxygen atoms in total. The van der Waals surface area contributed by atoms with Gasteiger partial charge in [0.05, 0.1) is 11.0 Å². The van der Waals surface area contributed by atoms with E-state index in [1.165, 1.54) is 6.07 Å². The van der Waals surface area contributed by atoms with Gasteiger partial charge in [0.2, 0.25) is 0 Å². The first-order valence-corrected chi connectivity index (χ1v) is 6.21. The highest BCUT2D eigenvalue weighted by molar-refractivity contribution is 9.10. The van der Waals surface area contributed by atoms with Crippen LogP contribution in [0, 0.1) is 5.82 Å². The second kappa shape index (κ2) is 6.71. The van der Waals surface area contributed by atoms with Crippen molar-refractivity contribution in [3.8, 4) is 0 Å². The zero-order chi connectivity index (χ0) is 12.8. The minimum atomic E-state index is -0.869. The summed E-state index contributed by atoms with van der Waals surface area (Å²) in [6, 6.07) is 4.78. The van der Waals surface area contributed by atoms with Crippen LogP contribution in [-0.2, 0) is 11.3 Å². The molecule has 0 bridgehead atoms. The Balaban J connectivity index is 2.78. The van der Waals surface area contributed by atoms with Crippen molar-refractivity contribution in [2.24, 2.45) is 0 Å². The third-order valence-electron chi connectivity index (χ3n) is 2.32. The van der Waals surface area contributed by atoms with Gasteiger partial charge < -0.3 is 5.11 Å². The Morgan fingerprint density at radius 2 is 2.24 bits per heavy atom. The molecule has 94 valence electrons. The van der Waals surface area contributed by atoms with E-state index in [1.807, 2.05) is 6.92 Å². The van der Waals surface area contributed by atoms with Gasteiger partial charge in [-0.3, -0.25) is 9.69 Å². The number of hydrogen-bond donors (Lipinski definition) is 1. The van der Waals surface area contributed by atoms with Gasteiger partial charge in [-0.15, -0.1) is 0 Å². The zero-order valence-electron chi connectivity index (χ0n) is 9.62. The summed E-state index contributed by atoms with van der Waals surface area (Å²) < 4.78 is 13.7. The summed E-state index contributed by atoms with van der Waals surface area (Å²) in [6.07, 6.45) is 0.861. The van der Waals surface area contributed by atoms with Crippen LogP contribution in [0.4, 0.5) is 4.39 Å². The SMILES string of the molecule is CCCN(CC(=O)O)Cc1cccc(F)c1Br. The van der Waals surface area contributed by atoms with E-state index >= 15 is 0 Å². The van der Waals surface area contributed by atoms with Crippen molar-refractivity contribution in [1.82, 2.24) is 4.90 Å². The Labute approximate surface area is 108 Å². The number of nitrogens with zero attached hydrogens (tertiary/aromatic N) is 1. The fourth-order valence-corrected chi connectivity index (χ4v) is 2.02. The molecule has 1 aromatic rings. The summed E-state index contributed by atoms with van der Waals surface area (Å²) in [5.74, 6) is -1.19. The number of aliphatic carboxylic acids is 1. The molecule has 17 heavy (non-hydrogen) atoms. The molecule has 0 saturated carbocycles. The third-order valence-corrected chi connectivity index (χ3v) is 3.21. The van der Waals surface area contributed by atoms with E-state index in [2.05, 4.69) is 15.9 Å². The predicted octanol–water partition coefficient (Wildman–Crippen LogP) is 2.88. The fourth-order valence-electron chi connectivity index (χ4n) is 1.63. The lowest BCUT2D eigenvalue weighted by atomic mass is 10.2. The van der Waals surface area contributed by atoms with E-state index in [1.54, 1.807) is 17.0 Å². The highest BCUT2D eigenvalue weighted by Crippen LogP contribution is 2.21. The van der Waals surface area contributed by atoms with Gasteiger partial charge in [0.1, 0.15) is 5.82 Å². The second-order valence-electron chi connectivity index (χ2n) is 3.82. The van der Waals surface area contributed by atoms with Crippen molar-refractivity contribution in [2.45, 2.75) is 19.9 Å². The molecule has 0 fully saturated rings. The molecule has 1 rings (SSSR count). The summed E-state index contributed by atoms with van der Waals surface area (Å²) in [4.78, 5) is 12.5. The molecule has 0 aliphatic rings. The molecular weight excluding hydrogens is 289 g/mol. The van der Waals surface area contributed by atoms with Crippen LogP contribution < -0.4 is 0 Å². The minimum Gasteiger partial charge on any atom is -0.480 e. The Bertz CT molecular complexity index is 398. The number of carboxylic acid groups (broad SMARTS) is 1. The summed E-state index contributed by atoms with van der Waals surface area (Å²) in [6.45, 7) is 3.06. The van der Waals surface area contributed by atoms with E-state index in [0.717, 1.165) is 12.0 Å². The molecule has 0 amide bonds. The van der Waals surface area contributed by atoms with Gasteiger partial charge in [0, 0.05) is 6.54 Å². The fraction of sp³-hybridized carbons (Fsp3) is 0.417. The number of carboxylic acids is 1. The van der Waals surface area contributed by atoms with Crippen LogP contribution >= 0.6 is 15.9 Å². The maximum absolute atomic E-state index is 13.3. The van der Waals surface area contributed by atoms with E-state index in [-0.39, 0.29) is 12.4 Å². The quantitative estimate of drug-likeness (QED) is 0.878. The van der Waals surface area contributed by atoms with Crippen LogP contribution in [0.3, 0.4) is 0 Å².